The molecular formula is C22H30N2O5S. The minimum Gasteiger partial charge on any atom is -0.469 e. The number of benzene rings is 1. The zero-order chi connectivity index (χ0) is 21.7. The number of amides is 1. The van der Waals surface area contributed by atoms with Crippen LogP contribution in [0.3, 0.4) is 0 Å². The first-order valence-electron chi connectivity index (χ1n) is 10.5. The lowest BCUT2D eigenvalue weighted by Gasteiger charge is -2.58. The molecule has 0 radical (unpaired) electrons. The number of carbonyl (C=O) groups is 2. The highest BCUT2D eigenvalue weighted by molar-refractivity contribution is 7.89. The molecule has 5 rings (SSSR count). The van der Waals surface area contributed by atoms with E-state index in [2.05, 4.69) is 10.0 Å². The van der Waals surface area contributed by atoms with Crippen LogP contribution < -0.4 is 10.0 Å². The van der Waals surface area contributed by atoms with Crippen molar-refractivity contribution in [3.05, 3.63) is 30.3 Å². The fraction of sp³-hybridized carbons (Fsp3) is 0.636. The van der Waals surface area contributed by atoms with E-state index in [1.54, 1.807) is 32.0 Å². The maximum Gasteiger partial charge on any atom is 0.311 e. The van der Waals surface area contributed by atoms with Crippen LogP contribution in [0.5, 0.6) is 0 Å². The zero-order valence-corrected chi connectivity index (χ0v) is 18.5. The number of carbonyl (C=O) groups excluding carboxylic acids is 2. The summed E-state index contributed by atoms with van der Waals surface area (Å²) in [5, 5.41) is 3.13. The number of hydrogen-bond acceptors (Lipinski definition) is 5. The van der Waals surface area contributed by atoms with E-state index in [0.717, 1.165) is 32.1 Å². The maximum absolute atomic E-state index is 13.1. The molecule has 7 nitrogen and oxygen atoms in total. The number of rotatable bonds is 6. The lowest BCUT2D eigenvalue weighted by molar-refractivity contribution is -0.171. The smallest absolute Gasteiger partial charge is 0.311 e. The predicted molar refractivity (Wildman–Crippen MR) is 111 cm³/mol. The molecule has 0 spiro atoms. The fourth-order valence-corrected chi connectivity index (χ4v) is 7.50. The highest BCUT2D eigenvalue weighted by atomic mass is 32.2. The maximum atomic E-state index is 13.1. The van der Waals surface area contributed by atoms with Crippen LogP contribution in [-0.2, 0) is 24.3 Å². The summed E-state index contributed by atoms with van der Waals surface area (Å²) >= 11 is 0. The van der Waals surface area contributed by atoms with Gasteiger partial charge in [-0.1, -0.05) is 18.2 Å². The average Bonchev–Trinajstić information content (AvgIpc) is 2.69. The Morgan fingerprint density at radius 2 is 1.67 bits per heavy atom. The molecule has 4 aliphatic carbocycles. The van der Waals surface area contributed by atoms with Gasteiger partial charge in [0.2, 0.25) is 15.9 Å². The van der Waals surface area contributed by atoms with Gasteiger partial charge in [0.1, 0.15) is 5.54 Å². The molecule has 30 heavy (non-hydrogen) atoms. The van der Waals surface area contributed by atoms with Gasteiger partial charge in [-0.25, -0.2) is 8.42 Å². The summed E-state index contributed by atoms with van der Waals surface area (Å²) in [6.45, 7) is 3.16. The van der Waals surface area contributed by atoms with Crippen LogP contribution in [0, 0.1) is 23.2 Å². The summed E-state index contributed by atoms with van der Waals surface area (Å²) in [4.78, 5) is 25.7. The largest absolute Gasteiger partial charge is 0.469 e. The molecule has 164 valence electrons. The standard InChI is InChI=1S/C22H30N2O5S/c1-21(2,24-30(27,28)17-7-5-4-6-8-17)19(25)23-18-15-9-14-10-16(18)13-22(11-14,12-15)20(26)29-3/h4-8,14-16,18,24H,9-13H2,1-3H3,(H,23,25). The van der Waals surface area contributed by atoms with Gasteiger partial charge < -0.3 is 10.1 Å². The summed E-state index contributed by atoms with van der Waals surface area (Å²) < 4.78 is 33.0. The Balaban J connectivity index is 1.47. The second-order valence-corrected chi connectivity index (χ2v) is 11.5. The third-order valence-electron chi connectivity index (χ3n) is 7.20. The van der Waals surface area contributed by atoms with E-state index in [0.29, 0.717) is 5.92 Å². The minimum absolute atomic E-state index is 0.0349. The second-order valence-electron chi connectivity index (χ2n) is 9.78. The molecule has 0 saturated heterocycles. The van der Waals surface area contributed by atoms with E-state index in [4.69, 9.17) is 4.74 Å². The first-order valence-corrected chi connectivity index (χ1v) is 12.0. The predicted octanol–water partition coefficient (Wildman–Crippen LogP) is 2.23. The van der Waals surface area contributed by atoms with Gasteiger partial charge in [-0.2, -0.15) is 4.72 Å². The molecule has 4 fully saturated rings. The van der Waals surface area contributed by atoms with Gasteiger partial charge in [0.25, 0.3) is 0 Å². The van der Waals surface area contributed by atoms with Gasteiger partial charge in [0.15, 0.2) is 0 Å². The molecule has 0 heterocycles. The summed E-state index contributed by atoms with van der Waals surface area (Å²) in [5.74, 6) is 0.482. The van der Waals surface area contributed by atoms with Crippen molar-refractivity contribution in [1.29, 1.82) is 0 Å². The van der Waals surface area contributed by atoms with Crippen LogP contribution in [0.2, 0.25) is 0 Å². The Kier molecular flexibility index (Phi) is 5.21. The van der Waals surface area contributed by atoms with Crippen LogP contribution in [0.15, 0.2) is 35.2 Å². The Morgan fingerprint density at radius 3 is 2.23 bits per heavy atom. The van der Waals surface area contributed by atoms with Gasteiger partial charge in [0, 0.05) is 6.04 Å². The molecule has 2 unspecified atom stereocenters. The normalized spacial score (nSPS) is 32.6. The van der Waals surface area contributed by atoms with Gasteiger partial charge >= 0.3 is 5.97 Å². The summed E-state index contributed by atoms with van der Waals surface area (Å²) in [7, 11) is -2.37. The minimum atomic E-state index is -3.82. The number of nitrogens with one attached hydrogen (secondary N) is 2. The highest BCUT2D eigenvalue weighted by Gasteiger charge is 2.59. The summed E-state index contributed by atoms with van der Waals surface area (Å²) in [6, 6.07) is 8.00. The summed E-state index contributed by atoms with van der Waals surface area (Å²) in [6.07, 6.45) is 4.34. The first-order chi connectivity index (χ1) is 14.1. The lowest BCUT2D eigenvalue weighted by Crippen LogP contribution is -2.64. The molecule has 2 atom stereocenters. The number of ether oxygens (including phenoxy) is 1. The molecular weight excluding hydrogens is 404 g/mol. The average molecular weight is 435 g/mol. The Morgan fingerprint density at radius 1 is 1.07 bits per heavy atom. The number of methoxy groups -OCH3 is 1. The van der Waals surface area contributed by atoms with Crippen LogP contribution in [0.25, 0.3) is 0 Å². The van der Waals surface area contributed by atoms with Gasteiger partial charge in [-0.05, 0) is 75.8 Å². The fourth-order valence-electron chi connectivity index (χ4n) is 6.10. The van der Waals surface area contributed by atoms with Crippen molar-refractivity contribution >= 4 is 21.9 Å². The van der Waals surface area contributed by atoms with Gasteiger partial charge in [0.05, 0.1) is 17.4 Å². The SMILES string of the molecule is COC(=O)C12CC3CC(C1)C(NC(=O)C(C)(C)NS(=O)(=O)c1ccccc1)C(C3)C2. The van der Waals surface area contributed by atoms with E-state index in [-0.39, 0.29) is 34.6 Å². The van der Waals surface area contributed by atoms with Crippen molar-refractivity contribution in [2.24, 2.45) is 23.2 Å². The molecule has 1 aromatic rings. The van der Waals surface area contributed by atoms with Crippen molar-refractivity contribution in [2.75, 3.05) is 7.11 Å². The number of hydrogen-bond donors (Lipinski definition) is 2. The molecule has 0 aromatic heterocycles. The lowest BCUT2D eigenvalue weighted by atomic mass is 9.48. The molecule has 2 N–H and O–H groups in total. The van der Waals surface area contributed by atoms with Crippen molar-refractivity contribution in [1.82, 2.24) is 10.0 Å². The number of sulfonamides is 1. The monoisotopic (exact) mass is 434 g/mol. The van der Waals surface area contributed by atoms with Gasteiger partial charge in [-0.3, -0.25) is 9.59 Å². The van der Waals surface area contributed by atoms with Crippen LogP contribution in [0.4, 0.5) is 0 Å². The van der Waals surface area contributed by atoms with E-state index >= 15 is 0 Å². The molecule has 1 amide bonds. The second kappa shape index (κ2) is 7.34. The van der Waals surface area contributed by atoms with E-state index in [1.165, 1.54) is 19.2 Å². The van der Waals surface area contributed by atoms with Crippen LogP contribution >= 0.6 is 0 Å². The molecule has 8 heteroatoms. The Hall–Kier alpha value is -1.93. The summed E-state index contributed by atoms with van der Waals surface area (Å²) in [5.41, 5.74) is -1.71. The van der Waals surface area contributed by atoms with E-state index < -0.39 is 21.0 Å². The van der Waals surface area contributed by atoms with E-state index in [9.17, 15) is 18.0 Å². The van der Waals surface area contributed by atoms with Crippen molar-refractivity contribution < 1.29 is 22.7 Å². The number of esters is 1. The van der Waals surface area contributed by atoms with Crippen molar-refractivity contribution in [2.45, 2.75) is 62.4 Å². The zero-order valence-electron chi connectivity index (χ0n) is 17.7. The quantitative estimate of drug-likeness (QED) is 0.669. The van der Waals surface area contributed by atoms with Crippen LogP contribution in [-0.4, -0.2) is 39.0 Å². The van der Waals surface area contributed by atoms with E-state index in [1.807, 2.05) is 0 Å². The van der Waals surface area contributed by atoms with Crippen molar-refractivity contribution in [3.63, 3.8) is 0 Å². The Bertz CT molecular complexity index is 928. The van der Waals surface area contributed by atoms with Gasteiger partial charge in [-0.15, -0.1) is 0 Å². The van der Waals surface area contributed by atoms with Crippen LogP contribution in [0.1, 0.15) is 46.0 Å². The van der Waals surface area contributed by atoms with Crippen molar-refractivity contribution in [3.8, 4) is 0 Å². The first kappa shape index (κ1) is 21.3. The molecule has 4 bridgehead atoms. The third-order valence-corrected chi connectivity index (χ3v) is 8.87. The molecule has 4 saturated carbocycles. The third kappa shape index (κ3) is 3.64. The topological polar surface area (TPSA) is 102 Å². The molecule has 4 aliphatic rings. The Labute approximate surface area is 178 Å². The highest BCUT2D eigenvalue weighted by Crippen LogP contribution is 2.60. The molecule has 0 aliphatic heterocycles. The molecule has 1 aromatic carbocycles.